The quantitative estimate of drug-likeness (QED) is 0.595. The predicted octanol–water partition coefficient (Wildman–Crippen LogP) is 3.85. The van der Waals surface area contributed by atoms with Gasteiger partial charge in [-0.3, -0.25) is 0 Å². The van der Waals surface area contributed by atoms with E-state index in [4.69, 9.17) is 4.74 Å². The molecule has 17 heavy (non-hydrogen) atoms. The van der Waals surface area contributed by atoms with E-state index in [0.29, 0.717) is 12.0 Å². The van der Waals surface area contributed by atoms with Crippen LogP contribution in [0.1, 0.15) is 60.3 Å². The number of nitrogens with one attached hydrogen (secondary N) is 1. The lowest BCUT2D eigenvalue weighted by Gasteiger charge is -2.21. The maximum Gasteiger partial charge on any atom is 0.0699 e. The summed E-state index contributed by atoms with van der Waals surface area (Å²) in [4.78, 5) is 0. The van der Waals surface area contributed by atoms with E-state index in [-0.39, 0.29) is 0 Å². The fraction of sp³-hybridized carbons (Fsp3) is 1.00. The van der Waals surface area contributed by atoms with Gasteiger partial charge < -0.3 is 10.1 Å². The molecule has 0 saturated heterocycles. The van der Waals surface area contributed by atoms with Crippen LogP contribution in [0, 0.1) is 11.8 Å². The summed E-state index contributed by atoms with van der Waals surface area (Å²) in [6.45, 7) is 14.3. The van der Waals surface area contributed by atoms with E-state index in [1.165, 1.54) is 25.7 Å². The van der Waals surface area contributed by atoms with Crippen molar-refractivity contribution in [3.8, 4) is 0 Å². The van der Waals surface area contributed by atoms with Crippen molar-refractivity contribution in [2.45, 2.75) is 66.4 Å². The highest BCUT2D eigenvalue weighted by molar-refractivity contribution is 4.63. The second-order valence-electron chi connectivity index (χ2n) is 5.69. The highest BCUT2D eigenvalue weighted by atomic mass is 16.5. The monoisotopic (exact) mass is 243 g/mol. The SMILES string of the molecule is CCCC(C)COC(CCC)CNCC(C)C. The van der Waals surface area contributed by atoms with E-state index >= 15 is 0 Å². The van der Waals surface area contributed by atoms with Crippen LogP contribution in [0.2, 0.25) is 0 Å². The van der Waals surface area contributed by atoms with Crippen LogP contribution < -0.4 is 5.32 Å². The van der Waals surface area contributed by atoms with Crippen LogP contribution in [0.5, 0.6) is 0 Å². The van der Waals surface area contributed by atoms with Crippen LogP contribution >= 0.6 is 0 Å². The molecule has 0 aromatic rings. The summed E-state index contributed by atoms with van der Waals surface area (Å²) in [7, 11) is 0. The molecule has 0 aromatic heterocycles. The molecule has 0 radical (unpaired) electrons. The summed E-state index contributed by atoms with van der Waals surface area (Å²) in [5.74, 6) is 1.42. The van der Waals surface area contributed by atoms with Gasteiger partial charge in [-0.1, -0.05) is 47.5 Å². The van der Waals surface area contributed by atoms with Gasteiger partial charge in [0.15, 0.2) is 0 Å². The third-order valence-corrected chi connectivity index (χ3v) is 2.93. The molecule has 2 atom stereocenters. The Labute approximate surface area is 109 Å². The predicted molar refractivity (Wildman–Crippen MR) is 76.4 cm³/mol. The number of hydrogen-bond acceptors (Lipinski definition) is 2. The summed E-state index contributed by atoms with van der Waals surface area (Å²) in [6.07, 6.45) is 5.31. The first kappa shape index (κ1) is 16.9. The molecule has 2 unspecified atom stereocenters. The molecular formula is C15H33NO. The molecule has 2 heteroatoms. The number of rotatable bonds is 11. The normalized spacial score (nSPS) is 15.2. The Bertz CT molecular complexity index is 159. The second kappa shape index (κ2) is 11.0. The van der Waals surface area contributed by atoms with Crippen molar-refractivity contribution >= 4 is 0 Å². The lowest BCUT2D eigenvalue weighted by atomic mass is 10.1. The standard InChI is InChI=1S/C15H33NO/c1-6-8-14(5)12-17-15(9-7-2)11-16-10-13(3)4/h13-16H,6-12H2,1-5H3. The van der Waals surface area contributed by atoms with Crippen molar-refractivity contribution in [1.29, 1.82) is 0 Å². The molecule has 0 aliphatic carbocycles. The fourth-order valence-electron chi connectivity index (χ4n) is 1.98. The van der Waals surface area contributed by atoms with Gasteiger partial charge in [0.25, 0.3) is 0 Å². The zero-order valence-electron chi connectivity index (χ0n) is 12.6. The third-order valence-electron chi connectivity index (χ3n) is 2.93. The minimum atomic E-state index is 0.401. The minimum absolute atomic E-state index is 0.401. The van der Waals surface area contributed by atoms with Crippen LogP contribution in [0.3, 0.4) is 0 Å². The first-order valence-corrected chi connectivity index (χ1v) is 7.42. The van der Waals surface area contributed by atoms with Gasteiger partial charge in [-0.15, -0.1) is 0 Å². The van der Waals surface area contributed by atoms with Gasteiger partial charge in [-0.2, -0.15) is 0 Å². The van der Waals surface area contributed by atoms with Gasteiger partial charge >= 0.3 is 0 Å². The largest absolute Gasteiger partial charge is 0.377 e. The molecule has 0 aromatic carbocycles. The van der Waals surface area contributed by atoms with E-state index in [2.05, 4.69) is 39.9 Å². The summed E-state index contributed by atoms with van der Waals surface area (Å²) >= 11 is 0. The molecule has 0 saturated carbocycles. The first-order valence-electron chi connectivity index (χ1n) is 7.42. The lowest BCUT2D eigenvalue weighted by molar-refractivity contribution is 0.0254. The fourth-order valence-corrected chi connectivity index (χ4v) is 1.98. The Morgan fingerprint density at radius 2 is 1.59 bits per heavy atom. The van der Waals surface area contributed by atoms with Crippen molar-refractivity contribution in [1.82, 2.24) is 5.32 Å². The topological polar surface area (TPSA) is 21.3 Å². The van der Waals surface area contributed by atoms with Crippen LogP contribution in [0.4, 0.5) is 0 Å². The Balaban J connectivity index is 3.73. The minimum Gasteiger partial charge on any atom is -0.377 e. The third kappa shape index (κ3) is 10.8. The summed E-state index contributed by atoms with van der Waals surface area (Å²) in [5.41, 5.74) is 0. The zero-order chi connectivity index (χ0) is 13.1. The van der Waals surface area contributed by atoms with Gasteiger partial charge in [0.05, 0.1) is 6.10 Å². The van der Waals surface area contributed by atoms with Gasteiger partial charge in [-0.05, 0) is 31.2 Å². The molecule has 0 bridgehead atoms. The average molecular weight is 243 g/mol. The highest BCUT2D eigenvalue weighted by Gasteiger charge is 2.10. The van der Waals surface area contributed by atoms with E-state index in [1.54, 1.807) is 0 Å². The highest BCUT2D eigenvalue weighted by Crippen LogP contribution is 2.09. The van der Waals surface area contributed by atoms with Gasteiger partial charge in [0.1, 0.15) is 0 Å². The lowest BCUT2D eigenvalue weighted by Crippen LogP contribution is -2.32. The van der Waals surface area contributed by atoms with Crippen molar-refractivity contribution in [3.05, 3.63) is 0 Å². The Kier molecular flexibility index (Phi) is 11.0. The van der Waals surface area contributed by atoms with Crippen LogP contribution in [0.25, 0.3) is 0 Å². The van der Waals surface area contributed by atoms with E-state index in [1.807, 2.05) is 0 Å². The Hall–Kier alpha value is -0.0800. The molecule has 0 amide bonds. The Morgan fingerprint density at radius 1 is 0.941 bits per heavy atom. The molecule has 1 N–H and O–H groups in total. The van der Waals surface area contributed by atoms with Crippen molar-refractivity contribution < 1.29 is 4.74 Å². The van der Waals surface area contributed by atoms with Crippen LogP contribution in [-0.4, -0.2) is 25.8 Å². The van der Waals surface area contributed by atoms with E-state index in [9.17, 15) is 0 Å². The molecular weight excluding hydrogens is 210 g/mol. The molecule has 104 valence electrons. The molecule has 0 rings (SSSR count). The van der Waals surface area contributed by atoms with Crippen LogP contribution in [-0.2, 0) is 4.74 Å². The molecule has 0 spiro atoms. The molecule has 0 fully saturated rings. The summed E-state index contributed by atoms with van der Waals surface area (Å²) < 4.78 is 6.02. The molecule has 2 nitrogen and oxygen atoms in total. The van der Waals surface area contributed by atoms with Gasteiger partial charge in [0, 0.05) is 13.2 Å². The summed E-state index contributed by atoms with van der Waals surface area (Å²) in [6, 6.07) is 0. The summed E-state index contributed by atoms with van der Waals surface area (Å²) in [5, 5.41) is 3.50. The average Bonchev–Trinajstić information content (AvgIpc) is 2.26. The molecule has 0 aliphatic rings. The van der Waals surface area contributed by atoms with Crippen molar-refractivity contribution in [2.24, 2.45) is 11.8 Å². The van der Waals surface area contributed by atoms with Crippen molar-refractivity contribution in [2.75, 3.05) is 19.7 Å². The van der Waals surface area contributed by atoms with E-state index < -0.39 is 0 Å². The smallest absolute Gasteiger partial charge is 0.0699 e. The number of hydrogen-bond donors (Lipinski definition) is 1. The second-order valence-corrected chi connectivity index (χ2v) is 5.69. The maximum atomic E-state index is 6.02. The number of ether oxygens (including phenoxy) is 1. The Morgan fingerprint density at radius 3 is 2.12 bits per heavy atom. The zero-order valence-corrected chi connectivity index (χ0v) is 12.6. The van der Waals surface area contributed by atoms with Gasteiger partial charge in [0.2, 0.25) is 0 Å². The van der Waals surface area contributed by atoms with Crippen LogP contribution in [0.15, 0.2) is 0 Å². The van der Waals surface area contributed by atoms with Gasteiger partial charge in [-0.25, -0.2) is 0 Å². The first-order chi connectivity index (χ1) is 8.10. The maximum absolute atomic E-state index is 6.02. The molecule has 0 heterocycles. The molecule has 0 aliphatic heterocycles. The van der Waals surface area contributed by atoms with Crippen molar-refractivity contribution in [3.63, 3.8) is 0 Å². The van der Waals surface area contributed by atoms with E-state index in [0.717, 1.165) is 25.6 Å².